The summed E-state index contributed by atoms with van der Waals surface area (Å²) >= 11 is 1.58. The van der Waals surface area contributed by atoms with Gasteiger partial charge in [-0.15, -0.1) is 11.3 Å². The second-order valence-corrected chi connectivity index (χ2v) is 5.70. The first-order chi connectivity index (χ1) is 11.3. The van der Waals surface area contributed by atoms with E-state index in [2.05, 4.69) is 15.5 Å². The molecule has 0 radical (unpaired) electrons. The number of thiophene rings is 1. The van der Waals surface area contributed by atoms with E-state index in [4.69, 9.17) is 9.26 Å². The van der Waals surface area contributed by atoms with Crippen LogP contribution in [-0.4, -0.2) is 22.7 Å². The van der Waals surface area contributed by atoms with Crippen molar-refractivity contribution in [3.05, 3.63) is 59.4 Å². The lowest BCUT2D eigenvalue weighted by Crippen LogP contribution is -2.27. The van der Waals surface area contributed by atoms with Crippen LogP contribution in [-0.2, 0) is 22.7 Å². The van der Waals surface area contributed by atoms with E-state index in [1.807, 2.05) is 41.8 Å². The van der Waals surface area contributed by atoms with Crippen LogP contribution < -0.4 is 5.32 Å². The van der Waals surface area contributed by atoms with E-state index in [0.717, 1.165) is 10.6 Å². The summed E-state index contributed by atoms with van der Waals surface area (Å²) in [5.41, 5.74) is 1.46. The number of hydrogen-bond acceptors (Lipinski definition) is 6. The first-order valence-electron chi connectivity index (χ1n) is 7.05. The highest BCUT2D eigenvalue weighted by atomic mass is 32.1. The van der Waals surface area contributed by atoms with Gasteiger partial charge in [0, 0.05) is 12.3 Å². The minimum Gasteiger partial charge on any atom is -0.365 e. The average molecular weight is 329 g/mol. The number of rotatable bonds is 7. The van der Waals surface area contributed by atoms with Crippen molar-refractivity contribution in [2.75, 3.05) is 6.61 Å². The highest BCUT2D eigenvalue weighted by Gasteiger charge is 2.08. The molecule has 0 spiro atoms. The van der Waals surface area contributed by atoms with E-state index in [1.54, 1.807) is 17.5 Å². The number of carbonyl (C=O) groups excluding carboxylic acids is 1. The van der Waals surface area contributed by atoms with Gasteiger partial charge in [0.05, 0.1) is 23.7 Å². The highest BCUT2D eigenvalue weighted by Crippen LogP contribution is 2.25. The second-order valence-electron chi connectivity index (χ2n) is 4.75. The summed E-state index contributed by atoms with van der Waals surface area (Å²) in [6.45, 7) is 0.579. The van der Waals surface area contributed by atoms with E-state index in [9.17, 15) is 4.79 Å². The van der Waals surface area contributed by atoms with Crippen LogP contribution in [0.1, 0.15) is 11.4 Å². The zero-order chi connectivity index (χ0) is 15.9. The number of hydrogen-bond donors (Lipinski definition) is 1. The van der Waals surface area contributed by atoms with Crippen LogP contribution in [0.3, 0.4) is 0 Å². The number of amides is 1. The molecule has 3 rings (SSSR count). The quantitative estimate of drug-likeness (QED) is 0.721. The van der Waals surface area contributed by atoms with Crippen LogP contribution in [0.25, 0.3) is 10.6 Å². The molecule has 0 bridgehead atoms. The number of ether oxygens (including phenoxy) is 1. The molecule has 3 aromatic rings. The van der Waals surface area contributed by atoms with Gasteiger partial charge < -0.3 is 14.6 Å². The zero-order valence-electron chi connectivity index (χ0n) is 12.3. The molecule has 1 amide bonds. The first kappa shape index (κ1) is 15.4. The predicted octanol–water partition coefficient (Wildman–Crippen LogP) is 2.63. The van der Waals surface area contributed by atoms with Crippen molar-refractivity contribution < 1.29 is 14.1 Å². The molecule has 0 aliphatic heterocycles. The Balaban J connectivity index is 1.40. The lowest BCUT2D eigenvalue weighted by molar-refractivity contribution is -0.126. The van der Waals surface area contributed by atoms with Gasteiger partial charge in [0.1, 0.15) is 12.3 Å². The second kappa shape index (κ2) is 7.66. The Kier molecular flexibility index (Phi) is 5.13. The van der Waals surface area contributed by atoms with Crippen LogP contribution >= 0.6 is 11.3 Å². The van der Waals surface area contributed by atoms with Crippen molar-refractivity contribution in [1.82, 2.24) is 15.5 Å². The molecule has 3 heterocycles. The fraction of sp³-hybridized carbons (Fsp3) is 0.188. The summed E-state index contributed by atoms with van der Waals surface area (Å²) in [5.74, 6) is 0.510. The Labute approximate surface area is 137 Å². The molecule has 0 atom stereocenters. The van der Waals surface area contributed by atoms with Crippen LogP contribution in [0, 0.1) is 0 Å². The summed E-state index contributed by atoms with van der Waals surface area (Å²) < 4.78 is 10.6. The molecule has 0 saturated carbocycles. The molecule has 1 N–H and O–H groups in total. The highest BCUT2D eigenvalue weighted by molar-refractivity contribution is 7.13. The molecule has 118 valence electrons. The van der Waals surface area contributed by atoms with Crippen molar-refractivity contribution in [3.8, 4) is 10.6 Å². The maximum atomic E-state index is 11.7. The van der Waals surface area contributed by atoms with Gasteiger partial charge in [-0.3, -0.25) is 9.78 Å². The van der Waals surface area contributed by atoms with Gasteiger partial charge >= 0.3 is 0 Å². The molecular formula is C16H15N3O3S. The Morgan fingerprint density at radius 2 is 2.22 bits per heavy atom. The van der Waals surface area contributed by atoms with Crippen molar-refractivity contribution in [1.29, 1.82) is 0 Å². The number of nitrogens with zero attached hydrogens (tertiary/aromatic N) is 2. The minimum absolute atomic E-state index is 0.0337. The van der Waals surface area contributed by atoms with E-state index in [-0.39, 0.29) is 19.1 Å². The van der Waals surface area contributed by atoms with Crippen molar-refractivity contribution >= 4 is 17.2 Å². The van der Waals surface area contributed by atoms with Gasteiger partial charge in [-0.1, -0.05) is 17.3 Å². The topological polar surface area (TPSA) is 77.2 Å². The van der Waals surface area contributed by atoms with E-state index < -0.39 is 0 Å². The largest absolute Gasteiger partial charge is 0.365 e. The monoisotopic (exact) mass is 329 g/mol. The predicted molar refractivity (Wildman–Crippen MR) is 85.6 cm³/mol. The lowest BCUT2D eigenvalue weighted by Gasteiger charge is -2.04. The summed E-state index contributed by atoms with van der Waals surface area (Å²) in [4.78, 5) is 16.8. The SMILES string of the molecule is O=C(COCc1cc(-c2cccs2)on1)NCc1ccccn1. The molecule has 23 heavy (non-hydrogen) atoms. The number of pyridine rings is 1. The van der Waals surface area contributed by atoms with Crippen molar-refractivity contribution in [2.45, 2.75) is 13.2 Å². The third-order valence-corrected chi connectivity index (χ3v) is 3.88. The molecular weight excluding hydrogens is 314 g/mol. The Bertz CT molecular complexity index is 741. The van der Waals surface area contributed by atoms with Gasteiger partial charge in [0.25, 0.3) is 0 Å². The van der Waals surface area contributed by atoms with Crippen LogP contribution in [0.4, 0.5) is 0 Å². The van der Waals surface area contributed by atoms with E-state index in [0.29, 0.717) is 18.0 Å². The lowest BCUT2D eigenvalue weighted by atomic mass is 10.3. The third kappa shape index (κ3) is 4.48. The van der Waals surface area contributed by atoms with Crippen molar-refractivity contribution in [3.63, 3.8) is 0 Å². The van der Waals surface area contributed by atoms with Gasteiger partial charge in [0.15, 0.2) is 5.76 Å². The van der Waals surface area contributed by atoms with Gasteiger partial charge in [-0.2, -0.15) is 0 Å². The molecule has 0 fully saturated rings. The molecule has 3 aromatic heterocycles. The first-order valence-corrected chi connectivity index (χ1v) is 7.93. The maximum absolute atomic E-state index is 11.7. The van der Waals surface area contributed by atoms with Crippen LogP contribution in [0.15, 0.2) is 52.5 Å². The summed E-state index contributed by atoms with van der Waals surface area (Å²) in [7, 11) is 0. The molecule has 0 unspecified atom stereocenters. The number of nitrogens with one attached hydrogen (secondary N) is 1. The smallest absolute Gasteiger partial charge is 0.246 e. The summed E-state index contributed by atoms with van der Waals surface area (Å²) in [5, 5.41) is 8.64. The fourth-order valence-corrected chi connectivity index (χ4v) is 2.58. The molecule has 7 heteroatoms. The van der Waals surface area contributed by atoms with E-state index in [1.165, 1.54) is 0 Å². The fourth-order valence-electron chi connectivity index (χ4n) is 1.91. The Morgan fingerprint density at radius 1 is 1.26 bits per heavy atom. The zero-order valence-corrected chi connectivity index (χ0v) is 13.1. The minimum atomic E-state index is -0.197. The van der Waals surface area contributed by atoms with Gasteiger partial charge in [0.2, 0.25) is 5.91 Å². The molecule has 0 aromatic carbocycles. The number of aromatic nitrogens is 2. The Hall–Kier alpha value is -2.51. The molecule has 0 aliphatic carbocycles. The van der Waals surface area contributed by atoms with Crippen molar-refractivity contribution in [2.24, 2.45) is 0 Å². The van der Waals surface area contributed by atoms with E-state index >= 15 is 0 Å². The summed E-state index contributed by atoms with van der Waals surface area (Å²) in [6.07, 6.45) is 1.69. The normalized spacial score (nSPS) is 10.6. The molecule has 0 saturated heterocycles. The van der Waals surface area contributed by atoms with Crippen LogP contribution in [0.5, 0.6) is 0 Å². The Morgan fingerprint density at radius 3 is 3.00 bits per heavy atom. The van der Waals surface area contributed by atoms with Crippen LogP contribution in [0.2, 0.25) is 0 Å². The standard InChI is InChI=1S/C16H15N3O3S/c20-16(18-9-12-4-1-2-6-17-12)11-21-10-13-8-14(22-19-13)15-5-3-7-23-15/h1-8H,9-11H2,(H,18,20). The van der Waals surface area contributed by atoms with Gasteiger partial charge in [-0.25, -0.2) is 0 Å². The molecule has 0 aliphatic rings. The van der Waals surface area contributed by atoms with Gasteiger partial charge in [-0.05, 0) is 23.6 Å². The maximum Gasteiger partial charge on any atom is 0.246 e. The average Bonchev–Trinajstić information content (AvgIpc) is 3.25. The number of carbonyl (C=O) groups is 1. The summed E-state index contributed by atoms with van der Waals surface area (Å²) in [6, 6.07) is 11.3. The third-order valence-electron chi connectivity index (χ3n) is 3.00. The molecule has 6 nitrogen and oxygen atoms in total.